The van der Waals surface area contributed by atoms with E-state index in [4.69, 9.17) is 0 Å². The summed E-state index contributed by atoms with van der Waals surface area (Å²) < 4.78 is 0. The average Bonchev–Trinajstić information content (AvgIpc) is 2.62. The summed E-state index contributed by atoms with van der Waals surface area (Å²) in [5, 5.41) is 19.1. The molecule has 25 heavy (non-hydrogen) atoms. The van der Waals surface area contributed by atoms with Gasteiger partial charge in [-0.05, 0) is 48.8 Å². The fourth-order valence-electron chi connectivity index (χ4n) is 3.50. The highest BCUT2D eigenvalue weighted by Gasteiger charge is 2.22. The molecule has 0 saturated carbocycles. The van der Waals surface area contributed by atoms with E-state index in [9.17, 15) is 15.0 Å². The molecular formula is C21H25NO3. The maximum Gasteiger partial charge on any atom is 0.222 e. The minimum atomic E-state index is 0.0352. The molecule has 1 aliphatic rings. The van der Waals surface area contributed by atoms with Crippen LogP contribution in [-0.2, 0) is 17.6 Å². The van der Waals surface area contributed by atoms with Gasteiger partial charge in [0.15, 0.2) is 0 Å². The van der Waals surface area contributed by atoms with Gasteiger partial charge in [-0.25, -0.2) is 0 Å². The number of hydrogen-bond donors (Lipinski definition) is 2. The lowest BCUT2D eigenvalue weighted by atomic mass is 9.90. The highest BCUT2D eigenvalue weighted by Crippen LogP contribution is 2.25. The first-order chi connectivity index (χ1) is 12.1. The second-order valence-electron chi connectivity index (χ2n) is 6.83. The molecule has 1 amide bonds. The van der Waals surface area contributed by atoms with E-state index in [0.29, 0.717) is 24.3 Å². The van der Waals surface area contributed by atoms with Crippen molar-refractivity contribution in [1.29, 1.82) is 0 Å². The van der Waals surface area contributed by atoms with E-state index in [0.717, 1.165) is 32.4 Å². The van der Waals surface area contributed by atoms with E-state index >= 15 is 0 Å². The molecule has 0 spiro atoms. The Morgan fingerprint density at radius 1 is 1.04 bits per heavy atom. The molecule has 0 bridgehead atoms. The average molecular weight is 339 g/mol. The maximum absolute atomic E-state index is 12.4. The van der Waals surface area contributed by atoms with Gasteiger partial charge in [-0.1, -0.05) is 36.4 Å². The SMILES string of the molecule is O=C(CCc1ccc(O)cc1O)N1CCC(Cc2ccccc2)CC1. The lowest BCUT2D eigenvalue weighted by Gasteiger charge is -2.32. The first kappa shape index (κ1) is 17.3. The van der Waals surface area contributed by atoms with Crippen molar-refractivity contribution >= 4 is 5.91 Å². The van der Waals surface area contributed by atoms with E-state index < -0.39 is 0 Å². The van der Waals surface area contributed by atoms with Gasteiger partial charge in [0.2, 0.25) is 5.91 Å². The van der Waals surface area contributed by atoms with Crippen molar-refractivity contribution in [2.45, 2.75) is 32.1 Å². The molecule has 1 heterocycles. The van der Waals surface area contributed by atoms with Gasteiger partial charge in [0.05, 0.1) is 0 Å². The number of likely N-dealkylation sites (tertiary alicyclic amines) is 1. The zero-order valence-electron chi connectivity index (χ0n) is 14.4. The Hall–Kier alpha value is -2.49. The van der Waals surface area contributed by atoms with Gasteiger partial charge < -0.3 is 15.1 Å². The molecule has 0 radical (unpaired) electrons. The molecule has 132 valence electrons. The van der Waals surface area contributed by atoms with Crippen LogP contribution in [0.2, 0.25) is 0 Å². The number of aromatic hydroxyl groups is 2. The Morgan fingerprint density at radius 2 is 1.76 bits per heavy atom. The Kier molecular flexibility index (Phi) is 5.59. The second-order valence-corrected chi connectivity index (χ2v) is 6.83. The highest BCUT2D eigenvalue weighted by atomic mass is 16.3. The molecule has 1 aliphatic heterocycles. The van der Waals surface area contributed by atoms with Crippen molar-refractivity contribution in [3.63, 3.8) is 0 Å². The van der Waals surface area contributed by atoms with E-state index in [1.54, 1.807) is 6.07 Å². The van der Waals surface area contributed by atoms with E-state index in [1.165, 1.54) is 17.7 Å². The number of benzene rings is 2. The summed E-state index contributed by atoms with van der Waals surface area (Å²) in [7, 11) is 0. The molecule has 2 N–H and O–H groups in total. The Bertz CT molecular complexity index is 706. The van der Waals surface area contributed by atoms with Gasteiger partial charge in [0, 0.05) is 25.6 Å². The molecule has 2 aromatic carbocycles. The molecule has 3 rings (SSSR count). The maximum atomic E-state index is 12.4. The molecule has 0 aromatic heterocycles. The minimum Gasteiger partial charge on any atom is -0.508 e. The number of nitrogens with zero attached hydrogens (tertiary/aromatic N) is 1. The summed E-state index contributed by atoms with van der Waals surface area (Å²) in [6.45, 7) is 1.63. The van der Waals surface area contributed by atoms with Crippen LogP contribution in [0.3, 0.4) is 0 Å². The van der Waals surface area contributed by atoms with Crippen LogP contribution >= 0.6 is 0 Å². The zero-order valence-corrected chi connectivity index (χ0v) is 14.4. The van der Waals surface area contributed by atoms with E-state index in [-0.39, 0.29) is 17.4 Å². The Labute approximate surface area is 148 Å². The normalized spacial score (nSPS) is 15.3. The number of aryl methyl sites for hydroxylation is 1. The minimum absolute atomic E-state index is 0.0352. The summed E-state index contributed by atoms with van der Waals surface area (Å²) in [4.78, 5) is 14.4. The van der Waals surface area contributed by atoms with Crippen LogP contribution < -0.4 is 0 Å². The van der Waals surface area contributed by atoms with Crippen LogP contribution in [0.1, 0.15) is 30.4 Å². The van der Waals surface area contributed by atoms with Crippen molar-refractivity contribution in [3.8, 4) is 11.5 Å². The summed E-state index contributed by atoms with van der Waals surface area (Å²) in [6, 6.07) is 15.0. The smallest absolute Gasteiger partial charge is 0.222 e. The summed E-state index contributed by atoms with van der Waals surface area (Å²) in [5.41, 5.74) is 2.07. The van der Waals surface area contributed by atoms with Gasteiger partial charge in [0.1, 0.15) is 11.5 Å². The van der Waals surface area contributed by atoms with Crippen LogP contribution in [0.5, 0.6) is 11.5 Å². The Balaban J connectivity index is 1.45. The lowest BCUT2D eigenvalue weighted by Crippen LogP contribution is -2.39. The number of carbonyl (C=O) groups excluding carboxylic acids is 1. The van der Waals surface area contributed by atoms with Gasteiger partial charge in [-0.3, -0.25) is 4.79 Å². The standard InChI is InChI=1S/C21H25NO3/c23-19-8-6-18(20(24)15-19)7-9-21(25)22-12-10-17(11-13-22)14-16-4-2-1-3-5-16/h1-6,8,15,17,23-24H,7,9-14H2. The van der Waals surface area contributed by atoms with Gasteiger partial charge in [-0.2, -0.15) is 0 Å². The lowest BCUT2D eigenvalue weighted by molar-refractivity contribution is -0.132. The van der Waals surface area contributed by atoms with E-state index in [1.807, 2.05) is 11.0 Å². The number of carbonyl (C=O) groups is 1. The summed E-state index contributed by atoms with van der Waals surface area (Å²) >= 11 is 0. The largest absolute Gasteiger partial charge is 0.508 e. The van der Waals surface area contributed by atoms with Gasteiger partial charge in [0.25, 0.3) is 0 Å². The van der Waals surface area contributed by atoms with Crippen molar-refractivity contribution in [1.82, 2.24) is 4.90 Å². The van der Waals surface area contributed by atoms with Crippen LogP contribution in [-0.4, -0.2) is 34.1 Å². The van der Waals surface area contributed by atoms with Crippen LogP contribution in [0, 0.1) is 5.92 Å². The fourth-order valence-corrected chi connectivity index (χ4v) is 3.50. The second kappa shape index (κ2) is 8.06. The monoisotopic (exact) mass is 339 g/mol. The molecule has 0 unspecified atom stereocenters. The van der Waals surface area contributed by atoms with Crippen molar-refractivity contribution < 1.29 is 15.0 Å². The molecule has 4 heteroatoms. The van der Waals surface area contributed by atoms with Crippen molar-refractivity contribution in [2.75, 3.05) is 13.1 Å². The number of rotatable bonds is 5. The molecule has 2 aromatic rings. The zero-order chi connectivity index (χ0) is 17.6. The highest BCUT2D eigenvalue weighted by molar-refractivity contribution is 5.76. The summed E-state index contributed by atoms with van der Waals surface area (Å²) in [5.74, 6) is 0.876. The van der Waals surface area contributed by atoms with Gasteiger partial charge >= 0.3 is 0 Å². The number of phenols is 2. The third kappa shape index (κ3) is 4.75. The number of phenolic OH excluding ortho intramolecular Hbond substituents is 2. The first-order valence-corrected chi connectivity index (χ1v) is 8.94. The van der Waals surface area contributed by atoms with Gasteiger partial charge in [-0.15, -0.1) is 0 Å². The Morgan fingerprint density at radius 3 is 2.44 bits per heavy atom. The topological polar surface area (TPSA) is 60.8 Å². The first-order valence-electron chi connectivity index (χ1n) is 8.94. The van der Waals surface area contributed by atoms with Crippen LogP contribution in [0.4, 0.5) is 0 Å². The number of amides is 1. The van der Waals surface area contributed by atoms with E-state index in [2.05, 4.69) is 24.3 Å². The summed E-state index contributed by atoms with van der Waals surface area (Å²) in [6.07, 6.45) is 4.07. The molecular weight excluding hydrogens is 314 g/mol. The van der Waals surface area contributed by atoms with Crippen molar-refractivity contribution in [2.24, 2.45) is 5.92 Å². The number of piperidine rings is 1. The molecule has 0 aliphatic carbocycles. The van der Waals surface area contributed by atoms with Crippen LogP contribution in [0.15, 0.2) is 48.5 Å². The quantitative estimate of drug-likeness (QED) is 0.876. The molecule has 1 saturated heterocycles. The van der Waals surface area contributed by atoms with Crippen LogP contribution in [0.25, 0.3) is 0 Å². The molecule has 4 nitrogen and oxygen atoms in total. The fraction of sp³-hybridized carbons (Fsp3) is 0.381. The predicted octanol–water partition coefficient (Wildman–Crippen LogP) is 3.51. The van der Waals surface area contributed by atoms with Crippen molar-refractivity contribution in [3.05, 3.63) is 59.7 Å². The molecule has 1 fully saturated rings. The molecule has 0 atom stereocenters. The number of hydrogen-bond acceptors (Lipinski definition) is 3. The third-order valence-electron chi connectivity index (χ3n) is 5.01. The third-order valence-corrected chi connectivity index (χ3v) is 5.01. The predicted molar refractivity (Wildman–Crippen MR) is 97.5 cm³/mol.